The van der Waals surface area contributed by atoms with Crippen molar-refractivity contribution in [3.8, 4) is 5.75 Å². The van der Waals surface area contributed by atoms with Gasteiger partial charge in [-0.25, -0.2) is 0 Å². The van der Waals surface area contributed by atoms with Gasteiger partial charge in [0.05, 0.1) is 18.7 Å². The predicted molar refractivity (Wildman–Crippen MR) is 135 cm³/mol. The summed E-state index contributed by atoms with van der Waals surface area (Å²) in [7, 11) is 5.53. The number of Topliss-reactive ketones (excluding diaryl/α,β-unsaturated/α-hetero) is 1. The van der Waals surface area contributed by atoms with Crippen LogP contribution in [0.5, 0.6) is 5.75 Å². The number of amides is 1. The van der Waals surface area contributed by atoms with Gasteiger partial charge in [0.15, 0.2) is 0 Å². The van der Waals surface area contributed by atoms with Crippen molar-refractivity contribution in [2.24, 2.45) is 0 Å². The summed E-state index contributed by atoms with van der Waals surface area (Å²) in [5.41, 5.74) is 3.02. The molecule has 0 aliphatic carbocycles. The van der Waals surface area contributed by atoms with Crippen molar-refractivity contribution in [2.75, 3.05) is 34.3 Å². The first-order valence-corrected chi connectivity index (χ1v) is 11.8. The molecule has 2 aromatic carbocycles. The van der Waals surface area contributed by atoms with E-state index in [0.29, 0.717) is 23.6 Å². The number of carbonyl (C=O) groups excluding carboxylic acids is 2. The monoisotopic (exact) mass is 484 g/mol. The van der Waals surface area contributed by atoms with Crippen LogP contribution in [0.15, 0.2) is 42.0 Å². The number of carbonyl (C=O) groups is 2. The Labute approximate surface area is 206 Å². The third kappa shape index (κ3) is 5.13. The van der Waals surface area contributed by atoms with E-state index >= 15 is 0 Å². The molecule has 1 atom stereocenters. The Hall–Kier alpha value is -2.83. The summed E-state index contributed by atoms with van der Waals surface area (Å²) in [5.74, 6) is -0.584. The van der Waals surface area contributed by atoms with E-state index in [1.165, 1.54) is 0 Å². The number of hydrogen-bond acceptors (Lipinski definition) is 5. The molecule has 0 radical (unpaired) electrons. The van der Waals surface area contributed by atoms with E-state index in [0.717, 1.165) is 29.0 Å². The lowest BCUT2D eigenvalue weighted by Gasteiger charge is -2.26. The summed E-state index contributed by atoms with van der Waals surface area (Å²) in [4.78, 5) is 30.0. The van der Waals surface area contributed by atoms with E-state index in [1.807, 2.05) is 51.9 Å². The van der Waals surface area contributed by atoms with E-state index in [-0.39, 0.29) is 17.3 Å². The van der Waals surface area contributed by atoms with Crippen LogP contribution in [0.25, 0.3) is 5.76 Å². The molecule has 1 heterocycles. The van der Waals surface area contributed by atoms with Gasteiger partial charge < -0.3 is 19.6 Å². The standard InChI is InChI=1S/C27H33ClN2O4/c1-16(2)20-15-21(17(3)14-22(20)34-6)25(31)23-24(18-8-10-19(28)11-9-18)30(27(33)26(23)32)13-7-12-29(4)5/h8-11,14-16,24,31H,7,12-13H2,1-6H3/b25-23+. The van der Waals surface area contributed by atoms with Crippen molar-refractivity contribution < 1.29 is 19.4 Å². The second kappa shape index (κ2) is 10.6. The van der Waals surface area contributed by atoms with Crippen molar-refractivity contribution >= 4 is 29.1 Å². The summed E-state index contributed by atoms with van der Waals surface area (Å²) < 4.78 is 5.52. The van der Waals surface area contributed by atoms with Crippen molar-refractivity contribution in [3.05, 3.63) is 69.2 Å². The lowest BCUT2D eigenvalue weighted by Crippen LogP contribution is -2.32. The number of methoxy groups -OCH3 is 1. The highest BCUT2D eigenvalue weighted by molar-refractivity contribution is 6.46. The number of benzene rings is 2. The smallest absolute Gasteiger partial charge is 0.295 e. The summed E-state index contributed by atoms with van der Waals surface area (Å²) in [6, 6.07) is 10.1. The molecule has 1 N–H and O–H groups in total. The number of aliphatic hydroxyl groups is 1. The maximum absolute atomic E-state index is 13.3. The Morgan fingerprint density at radius 1 is 1.18 bits per heavy atom. The van der Waals surface area contributed by atoms with Crippen LogP contribution in [0.3, 0.4) is 0 Å². The summed E-state index contributed by atoms with van der Waals surface area (Å²) in [6.07, 6.45) is 0.698. The van der Waals surface area contributed by atoms with Gasteiger partial charge >= 0.3 is 0 Å². The number of aliphatic hydroxyl groups excluding tert-OH is 1. The van der Waals surface area contributed by atoms with Gasteiger partial charge in [-0.3, -0.25) is 9.59 Å². The molecule has 1 aliphatic rings. The molecule has 6 nitrogen and oxygen atoms in total. The molecule has 0 saturated carbocycles. The van der Waals surface area contributed by atoms with E-state index in [1.54, 1.807) is 36.3 Å². The number of hydrogen-bond donors (Lipinski definition) is 1. The topological polar surface area (TPSA) is 70.1 Å². The molecule has 0 aromatic heterocycles. The Bertz CT molecular complexity index is 1110. The molecule has 182 valence electrons. The normalized spacial score (nSPS) is 17.8. The molecule has 1 amide bonds. The van der Waals surface area contributed by atoms with Crippen LogP contribution in [-0.2, 0) is 9.59 Å². The molecule has 0 bridgehead atoms. The van der Waals surface area contributed by atoms with E-state index in [2.05, 4.69) is 0 Å². The molecule has 1 unspecified atom stereocenters. The minimum Gasteiger partial charge on any atom is -0.507 e. The van der Waals surface area contributed by atoms with Crippen molar-refractivity contribution in [2.45, 2.75) is 39.2 Å². The molecule has 0 spiro atoms. The van der Waals surface area contributed by atoms with E-state index in [4.69, 9.17) is 16.3 Å². The molecule has 34 heavy (non-hydrogen) atoms. The van der Waals surface area contributed by atoms with Gasteiger partial charge in [0, 0.05) is 17.1 Å². The van der Waals surface area contributed by atoms with E-state index < -0.39 is 17.7 Å². The van der Waals surface area contributed by atoms with Crippen molar-refractivity contribution in [1.29, 1.82) is 0 Å². The Morgan fingerprint density at radius 3 is 2.38 bits per heavy atom. The third-order valence-electron chi connectivity index (χ3n) is 6.18. The SMILES string of the molecule is COc1cc(C)c(/C(O)=C2\C(=O)C(=O)N(CCCN(C)C)C2c2ccc(Cl)cc2)cc1C(C)C. The summed E-state index contributed by atoms with van der Waals surface area (Å²) in [5, 5.41) is 12.0. The average Bonchev–Trinajstić information content (AvgIpc) is 3.03. The van der Waals surface area contributed by atoms with Crippen LogP contribution in [-0.4, -0.2) is 60.9 Å². The quantitative estimate of drug-likeness (QED) is 0.318. The Morgan fingerprint density at radius 2 is 1.82 bits per heavy atom. The van der Waals surface area contributed by atoms with Gasteiger partial charge in [0.1, 0.15) is 11.5 Å². The molecule has 7 heteroatoms. The lowest BCUT2D eigenvalue weighted by atomic mass is 9.91. The largest absolute Gasteiger partial charge is 0.507 e. The highest BCUT2D eigenvalue weighted by Gasteiger charge is 2.46. The molecule has 1 aliphatic heterocycles. The number of likely N-dealkylation sites (tertiary alicyclic amines) is 1. The number of rotatable bonds is 8. The minimum atomic E-state index is -0.691. The zero-order chi connectivity index (χ0) is 25.2. The van der Waals surface area contributed by atoms with Crippen LogP contribution >= 0.6 is 11.6 Å². The molecular weight excluding hydrogens is 452 g/mol. The first kappa shape index (κ1) is 25.8. The van der Waals surface area contributed by atoms with Crippen LogP contribution in [0.4, 0.5) is 0 Å². The number of ketones is 1. The zero-order valence-electron chi connectivity index (χ0n) is 20.7. The van der Waals surface area contributed by atoms with Gasteiger partial charge in [0.2, 0.25) is 0 Å². The average molecular weight is 485 g/mol. The highest BCUT2D eigenvalue weighted by atomic mass is 35.5. The Kier molecular flexibility index (Phi) is 8.05. The fourth-order valence-electron chi connectivity index (χ4n) is 4.39. The van der Waals surface area contributed by atoms with Crippen molar-refractivity contribution in [1.82, 2.24) is 9.80 Å². The number of nitrogens with zero attached hydrogens (tertiary/aromatic N) is 2. The third-order valence-corrected chi connectivity index (χ3v) is 6.44. The molecule has 2 aromatic rings. The number of halogens is 1. The fraction of sp³-hybridized carbons (Fsp3) is 0.407. The zero-order valence-corrected chi connectivity index (χ0v) is 21.4. The van der Waals surface area contributed by atoms with E-state index in [9.17, 15) is 14.7 Å². The number of aryl methyl sites for hydroxylation is 1. The summed E-state index contributed by atoms with van der Waals surface area (Å²) in [6.45, 7) is 7.09. The van der Waals surface area contributed by atoms with Gasteiger partial charge in [-0.15, -0.1) is 0 Å². The van der Waals surface area contributed by atoms with Gasteiger partial charge in [0.25, 0.3) is 11.7 Å². The lowest BCUT2D eigenvalue weighted by molar-refractivity contribution is -0.139. The predicted octanol–water partition coefficient (Wildman–Crippen LogP) is 5.15. The maximum Gasteiger partial charge on any atom is 0.295 e. The molecular formula is C27H33ClN2O4. The maximum atomic E-state index is 13.3. The van der Waals surface area contributed by atoms with Crippen LogP contribution in [0.2, 0.25) is 5.02 Å². The summed E-state index contributed by atoms with van der Waals surface area (Å²) >= 11 is 6.10. The first-order valence-electron chi connectivity index (χ1n) is 11.4. The second-order valence-corrected chi connectivity index (χ2v) is 9.70. The van der Waals surface area contributed by atoms with Crippen LogP contribution in [0, 0.1) is 6.92 Å². The second-order valence-electron chi connectivity index (χ2n) is 9.26. The van der Waals surface area contributed by atoms with Gasteiger partial charge in [-0.1, -0.05) is 37.6 Å². The highest BCUT2D eigenvalue weighted by Crippen LogP contribution is 2.41. The first-order chi connectivity index (χ1) is 16.1. The van der Waals surface area contributed by atoms with Gasteiger partial charge in [-0.05, 0) is 80.9 Å². The van der Waals surface area contributed by atoms with Crippen LogP contribution < -0.4 is 4.74 Å². The van der Waals surface area contributed by atoms with Gasteiger partial charge in [-0.2, -0.15) is 0 Å². The Balaban J connectivity index is 2.18. The molecule has 1 saturated heterocycles. The molecule has 3 rings (SSSR count). The minimum absolute atomic E-state index is 0.0974. The van der Waals surface area contributed by atoms with Crippen LogP contribution in [0.1, 0.15) is 54.5 Å². The number of ether oxygens (including phenoxy) is 1. The van der Waals surface area contributed by atoms with Crippen molar-refractivity contribution in [3.63, 3.8) is 0 Å². The molecule has 1 fully saturated rings. The fourth-order valence-corrected chi connectivity index (χ4v) is 4.51.